The molecule has 0 saturated carbocycles. The lowest BCUT2D eigenvalue weighted by Gasteiger charge is -2.04. The topological polar surface area (TPSA) is 63.1 Å². The van der Waals surface area contributed by atoms with E-state index in [4.69, 9.17) is 5.11 Å². The van der Waals surface area contributed by atoms with Crippen molar-refractivity contribution < 1.29 is 14.3 Å². The highest BCUT2D eigenvalue weighted by molar-refractivity contribution is 5.95. The maximum atomic E-state index is 13.1. The fourth-order valence-corrected chi connectivity index (χ4v) is 1.36. The summed E-state index contributed by atoms with van der Waals surface area (Å²) in [6.07, 6.45) is 2.75. The Morgan fingerprint density at radius 2 is 2.12 bits per heavy atom. The van der Waals surface area contributed by atoms with Crippen LogP contribution in [0.3, 0.4) is 0 Å². The predicted molar refractivity (Wildman–Crippen MR) is 54.4 cm³/mol. The number of nitrogens with zero attached hydrogens (tertiary/aromatic N) is 2. The Kier molecular flexibility index (Phi) is 2.59. The number of benzene rings is 1. The minimum Gasteiger partial charge on any atom is -0.478 e. The Labute approximate surface area is 90.4 Å². The molecule has 16 heavy (non-hydrogen) atoms. The Hall–Kier alpha value is -2.30. The van der Waals surface area contributed by atoms with E-state index in [1.807, 2.05) is 0 Å². The van der Waals surface area contributed by atoms with Crippen LogP contribution in [0.2, 0.25) is 0 Å². The molecular weight excluding hydrogens is 211 g/mol. The first-order chi connectivity index (χ1) is 7.68. The molecule has 0 saturated heterocycles. The highest BCUT2D eigenvalue weighted by atomic mass is 19.1. The van der Waals surface area contributed by atoms with Crippen molar-refractivity contribution >= 4 is 5.97 Å². The molecule has 4 nitrogen and oxygen atoms in total. The lowest BCUT2D eigenvalue weighted by atomic mass is 10.0. The largest absolute Gasteiger partial charge is 0.478 e. The maximum Gasteiger partial charge on any atom is 0.336 e. The average molecular weight is 218 g/mol. The van der Waals surface area contributed by atoms with Crippen LogP contribution in [0.1, 0.15) is 10.4 Å². The van der Waals surface area contributed by atoms with E-state index in [1.165, 1.54) is 24.7 Å². The van der Waals surface area contributed by atoms with Gasteiger partial charge in [0.15, 0.2) is 0 Å². The van der Waals surface area contributed by atoms with E-state index in [9.17, 15) is 9.18 Å². The second-order valence-corrected chi connectivity index (χ2v) is 3.09. The van der Waals surface area contributed by atoms with Crippen LogP contribution in [0, 0.1) is 5.82 Å². The molecule has 0 unspecified atom stereocenters. The summed E-state index contributed by atoms with van der Waals surface area (Å²) in [7, 11) is 0. The molecule has 0 radical (unpaired) electrons. The third-order valence-electron chi connectivity index (χ3n) is 2.07. The van der Waals surface area contributed by atoms with E-state index in [1.54, 1.807) is 0 Å². The van der Waals surface area contributed by atoms with Gasteiger partial charge in [-0.25, -0.2) is 19.2 Å². The van der Waals surface area contributed by atoms with Crippen molar-refractivity contribution in [3.8, 4) is 11.3 Å². The molecule has 0 amide bonds. The number of aromatic carboxylic acids is 1. The molecule has 80 valence electrons. The molecule has 0 bridgehead atoms. The molecule has 0 atom stereocenters. The highest BCUT2D eigenvalue weighted by Crippen LogP contribution is 2.22. The second-order valence-electron chi connectivity index (χ2n) is 3.09. The average Bonchev–Trinajstić information content (AvgIpc) is 2.29. The van der Waals surface area contributed by atoms with Gasteiger partial charge in [-0.15, -0.1) is 0 Å². The maximum absolute atomic E-state index is 13.1. The van der Waals surface area contributed by atoms with Crippen LogP contribution in [-0.4, -0.2) is 21.0 Å². The van der Waals surface area contributed by atoms with Gasteiger partial charge in [-0.05, 0) is 24.3 Å². The number of aromatic nitrogens is 2. The molecule has 5 heteroatoms. The van der Waals surface area contributed by atoms with Crippen molar-refractivity contribution in [1.82, 2.24) is 9.97 Å². The number of hydrogen-bond acceptors (Lipinski definition) is 3. The van der Waals surface area contributed by atoms with Gasteiger partial charge in [-0.1, -0.05) is 0 Å². The normalized spacial score (nSPS) is 10.1. The fraction of sp³-hybridized carbons (Fsp3) is 0. The van der Waals surface area contributed by atoms with Gasteiger partial charge in [-0.3, -0.25) is 0 Å². The third-order valence-corrected chi connectivity index (χ3v) is 2.07. The van der Waals surface area contributed by atoms with Crippen LogP contribution in [0.4, 0.5) is 4.39 Å². The zero-order chi connectivity index (χ0) is 11.5. The van der Waals surface area contributed by atoms with Gasteiger partial charge >= 0.3 is 5.97 Å². The number of carboxylic acids is 1. The smallest absolute Gasteiger partial charge is 0.336 e. The molecule has 1 aromatic carbocycles. The van der Waals surface area contributed by atoms with Crippen molar-refractivity contribution in [2.45, 2.75) is 0 Å². The number of hydrogen-bond donors (Lipinski definition) is 1. The summed E-state index contributed by atoms with van der Waals surface area (Å²) in [6, 6.07) is 5.00. The lowest BCUT2D eigenvalue weighted by molar-refractivity contribution is 0.0697. The molecule has 2 aromatic rings. The molecule has 0 aliphatic carbocycles. The number of rotatable bonds is 2. The third kappa shape index (κ3) is 1.88. The van der Waals surface area contributed by atoms with Crippen LogP contribution >= 0.6 is 0 Å². The van der Waals surface area contributed by atoms with Gasteiger partial charge in [0.25, 0.3) is 0 Å². The van der Waals surface area contributed by atoms with Crippen molar-refractivity contribution in [3.05, 3.63) is 48.2 Å². The second kappa shape index (κ2) is 4.06. The summed E-state index contributed by atoms with van der Waals surface area (Å²) in [5.74, 6) is -1.62. The SMILES string of the molecule is O=C(O)c1ccc(F)cc1-c1ccncn1. The summed E-state index contributed by atoms with van der Waals surface area (Å²) >= 11 is 0. The minimum absolute atomic E-state index is 0.0140. The molecule has 2 rings (SSSR count). The zero-order valence-corrected chi connectivity index (χ0v) is 8.09. The van der Waals surface area contributed by atoms with E-state index in [0.717, 1.165) is 12.1 Å². The molecular formula is C11H7FN2O2. The summed E-state index contributed by atoms with van der Waals surface area (Å²) in [5, 5.41) is 8.95. The highest BCUT2D eigenvalue weighted by Gasteiger charge is 2.13. The molecule has 1 heterocycles. The van der Waals surface area contributed by atoms with Crippen LogP contribution in [0.15, 0.2) is 36.8 Å². The van der Waals surface area contributed by atoms with Crippen molar-refractivity contribution in [2.75, 3.05) is 0 Å². The summed E-state index contributed by atoms with van der Waals surface area (Å²) < 4.78 is 13.1. The van der Waals surface area contributed by atoms with E-state index in [2.05, 4.69) is 9.97 Å². The van der Waals surface area contributed by atoms with Gasteiger partial charge in [0.1, 0.15) is 12.1 Å². The first kappa shape index (κ1) is 10.2. The van der Waals surface area contributed by atoms with Crippen LogP contribution < -0.4 is 0 Å². The quantitative estimate of drug-likeness (QED) is 0.837. The molecule has 0 fully saturated rings. The monoisotopic (exact) mass is 218 g/mol. The van der Waals surface area contributed by atoms with Crippen LogP contribution in [-0.2, 0) is 0 Å². The lowest BCUT2D eigenvalue weighted by Crippen LogP contribution is -2.01. The summed E-state index contributed by atoms with van der Waals surface area (Å²) in [6.45, 7) is 0. The zero-order valence-electron chi connectivity index (χ0n) is 8.09. The van der Waals surface area contributed by atoms with Gasteiger partial charge in [-0.2, -0.15) is 0 Å². The van der Waals surface area contributed by atoms with Crippen LogP contribution in [0.5, 0.6) is 0 Å². The predicted octanol–water partition coefficient (Wildman–Crippen LogP) is 1.98. The first-order valence-electron chi connectivity index (χ1n) is 4.47. The number of halogens is 1. The van der Waals surface area contributed by atoms with Crippen molar-refractivity contribution in [3.63, 3.8) is 0 Å². The molecule has 1 N–H and O–H groups in total. The number of carbonyl (C=O) groups is 1. The van der Waals surface area contributed by atoms with Gasteiger partial charge < -0.3 is 5.11 Å². The van der Waals surface area contributed by atoms with Gasteiger partial charge in [0, 0.05) is 11.8 Å². The standard InChI is InChI=1S/C11H7FN2O2/c12-7-1-2-8(11(15)16)9(5-7)10-3-4-13-6-14-10/h1-6H,(H,15,16). The van der Waals surface area contributed by atoms with Crippen molar-refractivity contribution in [2.24, 2.45) is 0 Å². The summed E-state index contributed by atoms with van der Waals surface area (Å²) in [5.41, 5.74) is 0.641. The minimum atomic E-state index is -1.12. The number of carboxylic acid groups (broad SMARTS) is 1. The Morgan fingerprint density at radius 1 is 1.31 bits per heavy atom. The molecule has 0 spiro atoms. The van der Waals surface area contributed by atoms with Gasteiger partial charge in [0.2, 0.25) is 0 Å². The van der Waals surface area contributed by atoms with Crippen LogP contribution in [0.25, 0.3) is 11.3 Å². The van der Waals surface area contributed by atoms with E-state index >= 15 is 0 Å². The van der Waals surface area contributed by atoms with E-state index in [-0.39, 0.29) is 11.1 Å². The molecule has 1 aromatic heterocycles. The molecule has 0 aliphatic heterocycles. The van der Waals surface area contributed by atoms with E-state index < -0.39 is 11.8 Å². The Balaban J connectivity index is 2.63. The van der Waals surface area contributed by atoms with Crippen molar-refractivity contribution in [1.29, 1.82) is 0 Å². The molecule has 0 aliphatic rings. The Morgan fingerprint density at radius 3 is 2.75 bits per heavy atom. The first-order valence-corrected chi connectivity index (χ1v) is 4.47. The van der Waals surface area contributed by atoms with E-state index in [0.29, 0.717) is 5.69 Å². The fourth-order valence-electron chi connectivity index (χ4n) is 1.36. The van der Waals surface area contributed by atoms with Gasteiger partial charge in [0.05, 0.1) is 11.3 Å². The summed E-state index contributed by atoms with van der Waals surface area (Å²) in [4.78, 5) is 18.5. The Bertz CT molecular complexity index is 529.